The van der Waals surface area contributed by atoms with Gasteiger partial charge < -0.3 is 5.11 Å². The van der Waals surface area contributed by atoms with Gasteiger partial charge in [0.05, 0.1) is 12.4 Å². The van der Waals surface area contributed by atoms with Gasteiger partial charge in [-0.25, -0.2) is 4.98 Å². The molecule has 0 saturated heterocycles. The minimum atomic E-state index is -0.414. The molecular weight excluding hydrogens is 192 g/mol. The Labute approximate surface area is 80.8 Å². The monoisotopic (exact) mass is 202 g/mol. The van der Waals surface area contributed by atoms with Gasteiger partial charge in [0.2, 0.25) is 0 Å². The number of hydrogen-bond acceptors (Lipinski definition) is 3. The van der Waals surface area contributed by atoms with Crippen LogP contribution >= 0.6 is 11.6 Å². The van der Waals surface area contributed by atoms with Crippen molar-refractivity contribution in [2.75, 3.05) is 0 Å². The normalized spacial score (nSPS) is 12.8. The molecule has 1 N–H and O–H groups in total. The van der Waals surface area contributed by atoms with Gasteiger partial charge in [-0.15, -0.1) is 0 Å². The van der Waals surface area contributed by atoms with Crippen molar-refractivity contribution in [3.05, 3.63) is 27.9 Å². The summed E-state index contributed by atoms with van der Waals surface area (Å²) in [4.78, 5) is 15.0. The molecule has 1 rings (SSSR count). The summed E-state index contributed by atoms with van der Waals surface area (Å²) in [6, 6.07) is 1.25. The van der Waals surface area contributed by atoms with Crippen LogP contribution in [-0.4, -0.2) is 20.8 Å². The summed E-state index contributed by atoms with van der Waals surface area (Å²) in [5.41, 5.74) is -0.194. The second-order valence-corrected chi connectivity index (χ2v) is 3.27. The Balaban J connectivity index is 2.73. The van der Waals surface area contributed by atoms with Gasteiger partial charge in [-0.2, -0.15) is 0 Å². The van der Waals surface area contributed by atoms with Crippen LogP contribution in [0, 0.1) is 0 Å². The smallest absolute Gasteiger partial charge is 0.254 e. The molecule has 1 aromatic heterocycles. The zero-order chi connectivity index (χ0) is 9.84. The van der Waals surface area contributed by atoms with Crippen molar-refractivity contribution >= 4 is 11.6 Å². The summed E-state index contributed by atoms with van der Waals surface area (Å²) in [6.07, 6.45) is 1.50. The Morgan fingerprint density at radius 1 is 1.77 bits per heavy atom. The maximum Gasteiger partial charge on any atom is 0.254 e. The molecule has 0 aliphatic rings. The largest absolute Gasteiger partial charge is 0.393 e. The summed E-state index contributed by atoms with van der Waals surface area (Å²) in [5.74, 6) is 0. The molecule has 1 unspecified atom stereocenters. The number of halogens is 1. The summed E-state index contributed by atoms with van der Waals surface area (Å²) in [6.45, 7) is 2.13. The number of rotatable bonds is 3. The van der Waals surface area contributed by atoms with Gasteiger partial charge in [-0.05, 0) is 13.3 Å². The van der Waals surface area contributed by atoms with Crippen molar-refractivity contribution in [1.82, 2.24) is 9.55 Å². The topological polar surface area (TPSA) is 55.1 Å². The van der Waals surface area contributed by atoms with Crippen molar-refractivity contribution in [2.24, 2.45) is 0 Å². The molecule has 72 valence electrons. The number of aryl methyl sites for hydroxylation is 1. The lowest BCUT2D eigenvalue weighted by molar-refractivity contribution is 0.177. The second kappa shape index (κ2) is 4.39. The van der Waals surface area contributed by atoms with Gasteiger partial charge in [0.1, 0.15) is 5.15 Å². The van der Waals surface area contributed by atoms with Crippen LogP contribution in [-0.2, 0) is 6.54 Å². The summed E-state index contributed by atoms with van der Waals surface area (Å²) >= 11 is 5.51. The lowest BCUT2D eigenvalue weighted by Crippen LogP contribution is -2.21. The fraction of sp³-hybridized carbons (Fsp3) is 0.500. The third-order valence-corrected chi connectivity index (χ3v) is 1.84. The molecule has 1 aromatic rings. The van der Waals surface area contributed by atoms with Crippen molar-refractivity contribution in [3.8, 4) is 0 Å². The Morgan fingerprint density at radius 3 is 3.00 bits per heavy atom. The molecule has 0 spiro atoms. The molecule has 5 heteroatoms. The number of aliphatic hydroxyl groups excluding tert-OH is 1. The summed E-state index contributed by atoms with van der Waals surface area (Å²) in [7, 11) is 0. The third-order valence-electron chi connectivity index (χ3n) is 1.63. The van der Waals surface area contributed by atoms with Gasteiger partial charge in [-0.3, -0.25) is 9.36 Å². The minimum absolute atomic E-state index is 0.193. The Kier molecular flexibility index (Phi) is 3.45. The Hall–Kier alpha value is -0.870. The third kappa shape index (κ3) is 3.16. The van der Waals surface area contributed by atoms with Gasteiger partial charge in [0, 0.05) is 12.6 Å². The lowest BCUT2D eigenvalue weighted by atomic mass is 10.3. The number of hydrogen-bond donors (Lipinski definition) is 1. The van der Waals surface area contributed by atoms with E-state index in [1.54, 1.807) is 6.92 Å². The molecule has 0 aliphatic heterocycles. The molecule has 0 aliphatic carbocycles. The maximum absolute atomic E-state index is 11.2. The van der Waals surface area contributed by atoms with E-state index in [2.05, 4.69) is 4.98 Å². The summed E-state index contributed by atoms with van der Waals surface area (Å²) in [5, 5.41) is 9.19. The van der Waals surface area contributed by atoms with Gasteiger partial charge >= 0.3 is 0 Å². The first-order valence-electron chi connectivity index (χ1n) is 3.99. The van der Waals surface area contributed by atoms with E-state index in [-0.39, 0.29) is 10.7 Å². The van der Waals surface area contributed by atoms with Crippen LogP contribution in [0.1, 0.15) is 13.3 Å². The average Bonchev–Trinajstić information content (AvgIpc) is 2.02. The predicted octanol–water partition coefficient (Wildman–Crippen LogP) is 0.668. The molecule has 1 heterocycles. The molecule has 0 aromatic carbocycles. The highest BCUT2D eigenvalue weighted by Gasteiger charge is 2.00. The number of aliphatic hydroxyl groups is 1. The molecule has 0 bridgehead atoms. The highest BCUT2D eigenvalue weighted by molar-refractivity contribution is 6.29. The molecule has 0 fully saturated rings. The first-order valence-corrected chi connectivity index (χ1v) is 4.37. The van der Waals surface area contributed by atoms with Crippen LogP contribution in [0.4, 0.5) is 0 Å². The van der Waals surface area contributed by atoms with Gasteiger partial charge in [0.15, 0.2) is 0 Å². The minimum Gasteiger partial charge on any atom is -0.393 e. The zero-order valence-corrected chi connectivity index (χ0v) is 8.03. The SMILES string of the molecule is CC(O)CCn1cnc(Cl)cc1=O. The Morgan fingerprint density at radius 2 is 2.46 bits per heavy atom. The lowest BCUT2D eigenvalue weighted by Gasteiger charge is -2.05. The van der Waals surface area contributed by atoms with Crippen LogP contribution in [0.25, 0.3) is 0 Å². The molecule has 0 radical (unpaired) electrons. The van der Waals surface area contributed by atoms with E-state index in [0.29, 0.717) is 13.0 Å². The van der Waals surface area contributed by atoms with E-state index in [0.717, 1.165) is 0 Å². The van der Waals surface area contributed by atoms with E-state index >= 15 is 0 Å². The second-order valence-electron chi connectivity index (χ2n) is 2.88. The number of nitrogens with zero attached hydrogens (tertiary/aromatic N) is 2. The fourth-order valence-corrected chi connectivity index (χ4v) is 1.03. The maximum atomic E-state index is 11.2. The first kappa shape index (κ1) is 10.2. The zero-order valence-electron chi connectivity index (χ0n) is 7.27. The van der Waals surface area contributed by atoms with Gasteiger partial charge in [0.25, 0.3) is 5.56 Å². The Bertz CT molecular complexity index is 335. The van der Waals surface area contributed by atoms with Crippen molar-refractivity contribution in [2.45, 2.75) is 26.0 Å². The van der Waals surface area contributed by atoms with Crippen molar-refractivity contribution < 1.29 is 5.11 Å². The molecule has 0 saturated carbocycles. The van der Waals surface area contributed by atoms with Crippen molar-refractivity contribution in [1.29, 1.82) is 0 Å². The van der Waals surface area contributed by atoms with Crippen molar-refractivity contribution in [3.63, 3.8) is 0 Å². The quantitative estimate of drug-likeness (QED) is 0.733. The van der Waals surface area contributed by atoms with E-state index in [9.17, 15) is 4.79 Å². The molecule has 13 heavy (non-hydrogen) atoms. The fourth-order valence-electron chi connectivity index (χ4n) is 0.898. The van der Waals surface area contributed by atoms with E-state index in [1.807, 2.05) is 0 Å². The van der Waals surface area contributed by atoms with Crippen LogP contribution < -0.4 is 5.56 Å². The standard InChI is InChI=1S/C8H11ClN2O2/c1-6(12)2-3-11-5-10-7(9)4-8(11)13/h4-6,12H,2-3H2,1H3. The van der Waals surface area contributed by atoms with Gasteiger partial charge in [-0.1, -0.05) is 11.6 Å². The average molecular weight is 203 g/mol. The first-order chi connectivity index (χ1) is 6.09. The highest BCUT2D eigenvalue weighted by atomic mass is 35.5. The molecule has 0 amide bonds. The molecule has 4 nitrogen and oxygen atoms in total. The van der Waals surface area contributed by atoms with E-state index < -0.39 is 6.10 Å². The number of aromatic nitrogens is 2. The van der Waals surface area contributed by atoms with E-state index in [4.69, 9.17) is 16.7 Å². The van der Waals surface area contributed by atoms with Crippen LogP contribution in [0.5, 0.6) is 0 Å². The highest BCUT2D eigenvalue weighted by Crippen LogP contribution is 1.98. The van der Waals surface area contributed by atoms with Crippen LogP contribution in [0.2, 0.25) is 5.15 Å². The van der Waals surface area contributed by atoms with E-state index in [1.165, 1.54) is 17.0 Å². The molecule has 1 atom stereocenters. The summed E-state index contributed by atoms with van der Waals surface area (Å²) < 4.78 is 1.42. The predicted molar refractivity (Wildman–Crippen MR) is 49.8 cm³/mol. The van der Waals surface area contributed by atoms with Crippen LogP contribution in [0.3, 0.4) is 0 Å². The molecular formula is C8H11ClN2O2. The van der Waals surface area contributed by atoms with Crippen LogP contribution in [0.15, 0.2) is 17.2 Å².